The van der Waals surface area contributed by atoms with Gasteiger partial charge in [0, 0.05) is 18.8 Å². The first-order valence-electron chi connectivity index (χ1n) is 12.1. The van der Waals surface area contributed by atoms with Gasteiger partial charge in [-0.1, -0.05) is 51.5 Å². The lowest BCUT2D eigenvalue weighted by molar-refractivity contribution is 0.0697. The van der Waals surface area contributed by atoms with Crippen LogP contribution in [0.1, 0.15) is 43.6 Å². The molecule has 0 fully saturated rings. The Labute approximate surface area is 212 Å². The SMILES string of the molecule is Cc1ccc(NC(=O)Nc2cc(-c3cc(F)ccc3C(=O)O)ccc2N(CC(C)C)CC(C)C)cc1. The molecule has 0 aromatic heterocycles. The number of carbonyl (C=O) groups is 2. The third-order valence-corrected chi connectivity index (χ3v) is 5.59. The minimum atomic E-state index is -1.15. The van der Waals surface area contributed by atoms with E-state index in [1.807, 2.05) is 37.3 Å². The largest absolute Gasteiger partial charge is 0.478 e. The van der Waals surface area contributed by atoms with Gasteiger partial charge in [0.05, 0.1) is 16.9 Å². The van der Waals surface area contributed by atoms with E-state index < -0.39 is 17.8 Å². The molecule has 3 aromatic rings. The van der Waals surface area contributed by atoms with E-state index in [0.29, 0.717) is 28.8 Å². The number of hydrogen-bond donors (Lipinski definition) is 3. The molecule has 0 saturated carbocycles. The molecule has 3 aromatic carbocycles. The standard InChI is InChI=1S/C29H34FN3O3/c1-18(2)16-33(17-19(3)4)27-13-8-21(25-15-22(30)9-12-24(25)28(34)35)14-26(27)32-29(36)31-23-10-6-20(5)7-11-23/h6-15,18-19H,16-17H2,1-5H3,(H,34,35)(H2,31,32,36). The van der Waals surface area contributed by atoms with Crippen molar-refractivity contribution in [3.05, 3.63) is 77.6 Å². The number of nitrogens with one attached hydrogen (secondary N) is 2. The van der Waals surface area contributed by atoms with Crippen LogP contribution in [0, 0.1) is 24.6 Å². The molecule has 0 aliphatic heterocycles. The monoisotopic (exact) mass is 491 g/mol. The normalized spacial score (nSPS) is 11.0. The van der Waals surface area contributed by atoms with Gasteiger partial charge in [0.15, 0.2) is 0 Å². The molecule has 0 atom stereocenters. The number of aryl methyl sites for hydroxylation is 1. The van der Waals surface area contributed by atoms with Crippen LogP contribution in [0.25, 0.3) is 11.1 Å². The summed E-state index contributed by atoms with van der Waals surface area (Å²) in [7, 11) is 0. The minimum absolute atomic E-state index is 0.0135. The maximum atomic E-state index is 14.1. The Bertz CT molecular complexity index is 1210. The fraction of sp³-hybridized carbons (Fsp3) is 0.310. The van der Waals surface area contributed by atoms with Crippen molar-refractivity contribution in [2.45, 2.75) is 34.6 Å². The van der Waals surface area contributed by atoms with Gasteiger partial charge >= 0.3 is 12.0 Å². The molecule has 0 heterocycles. The summed E-state index contributed by atoms with van der Waals surface area (Å²) < 4.78 is 14.1. The van der Waals surface area contributed by atoms with Crippen LogP contribution >= 0.6 is 0 Å². The molecular weight excluding hydrogens is 457 g/mol. The molecule has 0 radical (unpaired) electrons. The molecule has 7 heteroatoms. The van der Waals surface area contributed by atoms with E-state index in [4.69, 9.17) is 0 Å². The predicted molar refractivity (Wildman–Crippen MR) is 145 cm³/mol. The maximum absolute atomic E-state index is 14.1. The molecule has 190 valence electrons. The summed E-state index contributed by atoms with van der Waals surface area (Å²) >= 11 is 0. The van der Waals surface area contributed by atoms with E-state index >= 15 is 0 Å². The maximum Gasteiger partial charge on any atom is 0.336 e. The predicted octanol–water partition coefficient (Wildman–Crippen LogP) is 7.26. The summed E-state index contributed by atoms with van der Waals surface area (Å²) in [5, 5.41) is 15.4. The lowest BCUT2D eigenvalue weighted by Gasteiger charge is -2.31. The van der Waals surface area contributed by atoms with Crippen molar-refractivity contribution in [1.29, 1.82) is 0 Å². The lowest BCUT2D eigenvalue weighted by atomic mass is 9.98. The van der Waals surface area contributed by atoms with Gasteiger partial charge in [-0.2, -0.15) is 0 Å². The first kappa shape index (κ1) is 26.7. The summed E-state index contributed by atoms with van der Waals surface area (Å²) in [6.07, 6.45) is 0. The van der Waals surface area contributed by atoms with Gasteiger partial charge in [0.2, 0.25) is 0 Å². The number of nitrogens with zero attached hydrogens (tertiary/aromatic N) is 1. The smallest absolute Gasteiger partial charge is 0.336 e. The summed E-state index contributed by atoms with van der Waals surface area (Å²) in [6.45, 7) is 12.0. The van der Waals surface area contributed by atoms with Crippen LogP contribution in [0.15, 0.2) is 60.7 Å². The Morgan fingerprint density at radius 2 is 1.53 bits per heavy atom. The van der Waals surface area contributed by atoms with E-state index in [1.54, 1.807) is 12.1 Å². The topological polar surface area (TPSA) is 81.7 Å². The van der Waals surface area contributed by atoms with Crippen LogP contribution in [0.5, 0.6) is 0 Å². The van der Waals surface area contributed by atoms with E-state index in [9.17, 15) is 19.1 Å². The highest BCUT2D eigenvalue weighted by molar-refractivity contribution is 6.03. The molecule has 2 amide bonds. The van der Waals surface area contributed by atoms with Crippen molar-refractivity contribution >= 4 is 29.1 Å². The number of hydrogen-bond acceptors (Lipinski definition) is 3. The number of aromatic carboxylic acids is 1. The highest BCUT2D eigenvalue weighted by Crippen LogP contribution is 2.34. The number of carboxylic acid groups (broad SMARTS) is 1. The van der Waals surface area contributed by atoms with Gasteiger partial charge in [-0.3, -0.25) is 0 Å². The van der Waals surface area contributed by atoms with Crippen molar-refractivity contribution < 1.29 is 19.1 Å². The van der Waals surface area contributed by atoms with Gasteiger partial charge in [-0.25, -0.2) is 14.0 Å². The minimum Gasteiger partial charge on any atom is -0.478 e. The van der Waals surface area contributed by atoms with Crippen LogP contribution in [0.3, 0.4) is 0 Å². The Balaban J connectivity index is 2.06. The second kappa shape index (κ2) is 11.7. The fourth-order valence-corrected chi connectivity index (χ4v) is 4.10. The molecule has 3 rings (SSSR count). The summed E-state index contributed by atoms with van der Waals surface area (Å²) in [6, 6.07) is 16.0. The number of urea groups is 1. The first-order valence-corrected chi connectivity index (χ1v) is 12.1. The number of anilines is 3. The first-order chi connectivity index (χ1) is 17.0. The lowest BCUT2D eigenvalue weighted by Crippen LogP contribution is -2.32. The molecular formula is C29H34FN3O3. The Morgan fingerprint density at radius 3 is 2.11 bits per heavy atom. The molecule has 6 nitrogen and oxygen atoms in total. The van der Waals surface area contributed by atoms with Gasteiger partial charge < -0.3 is 20.6 Å². The highest BCUT2D eigenvalue weighted by atomic mass is 19.1. The van der Waals surface area contributed by atoms with E-state index in [2.05, 4.69) is 43.2 Å². The van der Waals surface area contributed by atoms with E-state index in [1.165, 1.54) is 12.1 Å². The van der Waals surface area contributed by atoms with Gasteiger partial charge in [0.1, 0.15) is 5.82 Å². The fourth-order valence-electron chi connectivity index (χ4n) is 4.10. The summed E-state index contributed by atoms with van der Waals surface area (Å²) in [5.41, 5.74) is 3.78. The molecule has 0 unspecified atom stereocenters. The third kappa shape index (κ3) is 7.07. The Kier molecular flexibility index (Phi) is 8.69. The molecule has 0 aliphatic rings. The second-order valence-electron chi connectivity index (χ2n) is 9.86. The molecule has 0 bridgehead atoms. The van der Waals surface area contributed by atoms with Crippen LogP contribution in [-0.4, -0.2) is 30.2 Å². The zero-order valence-corrected chi connectivity index (χ0v) is 21.4. The summed E-state index contributed by atoms with van der Waals surface area (Å²) in [5.74, 6) is -0.937. The molecule has 3 N–H and O–H groups in total. The number of carboxylic acids is 1. The zero-order chi connectivity index (χ0) is 26.4. The number of amides is 2. The third-order valence-electron chi connectivity index (χ3n) is 5.59. The van der Waals surface area contributed by atoms with Gasteiger partial charge in [0.25, 0.3) is 0 Å². The highest BCUT2D eigenvalue weighted by Gasteiger charge is 2.19. The van der Waals surface area contributed by atoms with Crippen molar-refractivity contribution in [2.75, 3.05) is 28.6 Å². The van der Waals surface area contributed by atoms with Crippen LogP contribution < -0.4 is 15.5 Å². The number of rotatable bonds is 9. The van der Waals surface area contributed by atoms with E-state index in [0.717, 1.165) is 30.4 Å². The van der Waals surface area contributed by atoms with Crippen molar-refractivity contribution in [3.63, 3.8) is 0 Å². The Hall–Kier alpha value is -3.87. The second-order valence-corrected chi connectivity index (χ2v) is 9.86. The number of carbonyl (C=O) groups excluding carboxylic acids is 1. The number of halogens is 1. The Morgan fingerprint density at radius 1 is 0.889 bits per heavy atom. The number of benzene rings is 3. The molecule has 0 aliphatic carbocycles. The average molecular weight is 492 g/mol. The van der Waals surface area contributed by atoms with Crippen LogP contribution in [0.2, 0.25) is 0 Å². The van der Waals surface area contributed by atoms with Crippen LogP contribution in [-0.2, 0) is 0 Å². The quantitative estimate of drug-likeness (QED) is 0.294. The molecule has 0 spiro atoms. The van der Waals surface area contributed by atoms with Gasteiger partial charge in [-0.05, 0) is 72.4 Å². The average Bonchev–Trinajstić information content (AvgIpc) is 2.79. The van der Waals surface area contributed by atoms with Crippen molar-refractivity contribution in [1.82, 2.24) is 0 Å². The van der Waals surface area contributed by atoms with Crippen molar-refractivity contribution in [2.24, 2.45) is 11.8 Å². The van der Waals surface area contributed by atoms with Crippen molar-refractivity contribution in [3.8, 4) is 11.1 Å². The van der Waals surface area contributed by atoms with Crippen LogP contribution in [0.4, 0.5) is 26.2 Å². The van der Waals surface area contributed by atoms with Gasteiger partial charge in [-0.15, -0.1) is 0 Å². The zero-order valence-electron chi connectivity index (χ0n) is 21.4. The molecule has 0 saturated heterocycles. The van der Waals surface area contributed by atoms with E-state index in [-0.39, 0.29) is 11.1 Å². The molecule has 36 heavy (non-hydrogen) atoms. The summed E-state index contributed by atoms with van der Waals surface area (Å²) in [4.78, 5) is 27.0.